The maximum Gasteiger partial charge on any atom is 0.164 e. The molecule has 0 fully saturated rings. The smallest absolute Gasteiger partial charge is 0.164 e. The second kappa shape index (κ2) is 10.8. The molecule has 0 saturated carbocycles. The first-order valence-corrected chi connectivity index (χ1v) is 16.9. The summed E-state index contributed by atoms with van der Waals surface area (Å²) in [6.45, 7) is 4.59. The van der Waals surface area contributed by atoms with E-state index in [1.807, 2.05) is 66.7 Å². The monoisotopic (exact) mass is 642 g/mol. The van der Waals surface area contributed by atoms with Crippen LogP contribution >= 0.6 is 0 Å². The van der Waals surface area contributed by atoms with Gasteiger partial charge in [-0.1, -0.05) is 135 Å². The van der Waals surface area contributed by atoms with Crippen molar-refractivity contribution in [1.82, 2.24) is 19.9 Å². The molecule has 3 heterocycles. The zero-order valence-corrected chi connectivity index (χ0v) is 27.6. The van der Waals surface area contributed by atoms with Crippen molar-refractivity contribution in [3.63, 3.8) is 0 Å². The van der Waals surface area contributed by atoms with Gasteiger partial charge in [0.25, 0.3) is 0 Å². The van der Waals surface area contributed by atoms with Crippen LogP contribution in [0.25, 0.3) is 89.4 Å². The molecule has 5 nitrogen and oxygen atoms in total. The van der Waals surface area contributed by atoms with E-state index < -0.39 is 0 Å². The molecule has 236 valence electrons. The topological polar surface area (TPSA) is 64.7 Å². The fourth-order valence-corrected chi connectivity index (χ4v) is 7.59. The molecular weight excluding hydrogens is 613 g/mol. The van der Waals surface area contributed by atoms with E-state index in [1.165, 1.54) is 22.3 Å². The first kappa shape index (κ1) is 28.5. The molecule has 0 bridgehead atoms. The molecule has 0 N–H and O–H groups in total. The van der Waals surface area contributed by atoms with E-state index in [9.17, 15) is 0 Å². The summed E-state index contributed by atoms with van der Waals surface area (Å²) in [6.07, 6.45) is 0. The normalized spacial score (nSPS) is 13.2. The summed E-state index contributed by atoms with van der Waals surface area (Å²) in [4.78, 5) is 20.3. The number of nitrogens with zero attached hydrogens (tertiary/aromatic N) is 4. The average Bonchev–Trinajstić information content (AvgIpc) is 3.68. The minimum absolute atomic E-state index is 0.127. The Bertz CT molecular complexity index is 2780. The second-order valence-corrected chi connectivity index (χ2v) is 13.5. The van der Waals surface area contributed by atoms with E-state index >= 15 is 0 Å². The zero-order valence-electron chi connectivity index (χ0n) is 27.6. The summed E-state index contributed by atoms with van der Waals surface area (Å²) in [5.41, 5.74) is 12.4. The number of rotatable bonds is 4. The Morgan fingerprint density at radius 2 is 1.04 bits per heavy atom. The molecule has 3 aromatic heterocycles. The third kappa shape index (κ3) is 4.33. The Balaban J connectivity index is 1.11. The number of aromatic nitrogens is 4. The lowest BCUT2D eigenvalue weighted by Gasteiger charge is -2.21. The van der Waals surface area contributed by atoms with Gasteiger partial charge < -0.3 is 4.42 Å². The lowest BCUT2D eigenvalue weighted by molar-refractivity contribution is 0.660. The Morgan fingerprint density at radius 1 is 0.460 bits per heavy atom. The molecule has 5 heteroatoms. The van der Waals surface area contributed by atoms with E-state index in [2.05, 4.69) is 92.7 Å². The number of pyridine rings is 1. The van der Waals surface area contributed by atoms with Gasteiger partial charge in [-0.25, -0.2) is 19.9 Å². The second-order valence-electron chi connectivity index (χ2n) is 13.5. The van der Waals surface area contributed by atoms with Crippen LogP contribution in [-0.2, 0) is 5.41 Å². The van der Waals surface area contributed by atoms with E-state index in [4.69, 9.17) is 24.4 Å². The van der Waals surface area contributed by atoms with Crippen molar-refractivity contribution in [2.24, 2.45) is 0 Å². The van der Waals surface area contributed by atoms with Gasteiger partial charge in [0.2, 0.25) is 0 Å². The average molecular weight is 643 g/mol. The highest BCUT2D eigenvalue weighted by molar-refractivity contribution is 6.19. The first-order valence-electron chi connectivity index (χ1n) is 16.9. The number of hydrogen-bond acceptors (Lipinski definition) is 5. The van der Waals surface area contributed by atoms with Crippen LogP contribution in [0.15, 0.2) is 150 Å². The van der Waals surface area contributed by atoms with Gasteiger partial charge in [0.05, 0.1) is 16.6 Å². The molecule has 0 spiro atoms. The number of hydrogen-bond donors (Lipinski definition) is 0. The molecule has 0 amide bonds. The molecule has 0 saturated heterocycles. The summed E-state index contributed by atoms with van der Waals surface area (Å²) in [5.74, 6) is 1.91. The van der Waals surface area contributed by atoms with Crippen LogP contribution in [0, 0.1) is 0 Å². The molecule has 0 radical (unpaired) electrons. The van der Waals surface area contributed by atoms with Gasteiger partial charge in [-0.05, 0) is 46.5 Å². The van der Waals surface area contributed by atoms with E-state index in [0.717, 1.165) is 60.8 Å². The van der Waals surface area contributed by atoms with Gasteiger partial charge >= 0.3 is 0 Å². The summed E-state index contributed by atoms with van der Waals surface area (Å²) in [5, 5.41) is 3.07. The molecule has 50 heavy (non-hydrogen) atoms. The van der Waals surface area contributed by atoms with Crippen molar-refractivity contribution in [2.45, 2.75) is 19.3 Å². The zero-order chi connectivity index (χ0) is 33.4. The number of benzene rings is 6. The van der Waals surface area contributed by atoms with Crippen molar-refractivity contribution in [3.05, 3.63) is 157 Å². The third-order valence-electron chi connectivity index (χ3n) is 10.1. The third-order valence-corrected chi connectivity index (χ3v) is 10.1. The van der Waals surface area contributed by atoms with Gasteiger partial charge in [-0.3, -0.25) is 0 Å². The minimum atomic E-state index is -0.127. The number of fused-ring (bicyclic) bond motifs is 8. The van der Waals surface area contributed by atoms with E-state index in [0.29, 0.717) is 17.5 Å². The van der Waals surface area contributed by atoms with Crippen LogP contribution in [0.4, 0.5) is 0 Å². The first-order chi connectivity index (χ1) is 24.5. The number of para-hydroxylation sites is 2. The maximum absolute atomic E-state index is 6.42. The molecule has 0 unspecified atom stereocenters. The summed E-state index contributed by atoms with van der Waals surface area (Å²) >= 11 is 0. The SMILES string of the molecule is CC1(C)c2ccccc2-c2ccc(-c3nc(-c4ccccc4)nc(-c4ccc(-c5nc6ccccc6c6oc7ccccc7c56)cc4)n3)cc21. The fraction of sp³-hybridized carbons (Fsp3) is 0.0667. The molecule has 6 aromatic carbocycles. The minimum Gasteiger partial charge on any atom is -0.455 e. The van der Waals surface area contributed by atoms with Crippen LogP contribution in [0.3, 0.4) is 0 Å². The lowest BCUT2D eigenvalue weighted by atomic mass is 9.82. The lowest BCUT2D eigenvalue weighted by Crippen LogP contribution is -2.15. The molecule has 9 aromatic rings. The van der Waals surface area contributed by atoms with Crippen molar-refractivity contribution in [1.29, 1.82) is 0 Å². The molecule has 10 rings (SSSR count). The van der Waals surface area contributed by atoms with Crippen molar-refractivity contribution in [3.8, 4) is 56.5 Å². The van der Waals surface area contributed by atoms with Crippen molar-refractivity contribution in [2.75, 3.05) is 0 Å². The van der Waals surface area contributed by atoms with Crippen LogP contribution in [0.1, 0.15) is 25.0 Å². The maximum atomic E-state index is 6.42. The Labute approximate surface area is 289 Å². The Morgan fingerprint density at radius 3 is 1.84 bits per heavy atom. The van der Waals surface area contributed by atoms with Crippen LogP contribution in [-0.4, -0.2) is 19.9 Å². The highest BCUT2D eigenvalue weighted by atomic mass is 16.3. The van der Waals surface area contributed by atoms with E-state index in [1.54, 1.807) is 0 Å². The summed E-state index contributed by atoms with van der Waals surface area (Å²) in [7, 11) is 0. The molecular formula is C45H30N4O. The van der Waals surface area contributed by atoms with Gasteiger partial charge in [-0.15, -0.1) is 0 Å². The molecule has 1 aliphatic carbocycles. The van der Waals surface area contributed by atoms with Gasteiger partial charge in [0, 0.05) is 38.4 Å². The van der Waals surface area contributed by atoms with Crippen molar-refractivity contribution >= 4 is 32.8 Å². The van der Waals surface area contributed by atoms with E-state index in [-0.39, 0.29) is 5.41 Å². The predicted molar refractivity (Wildman–Crippen MR) is 202 cm³/mol. The molecule has 0 aliphatic heterocycles. The summed E-state index contributed by atoms with van der Waals surface area (Å²) < 4.78 is 6.42. The van der Waals surface area contributed by atoms with Gasteiger partial charge in [-0.2, -0.15) is 0 Å². The molecule has 1 aliphatic rings. The quantitative estimate of drug-likeness (QED) is 0.191. The highest BCUT2D eigenvalue weighted by Gasteiger charge is 2.35. The molecule has 0 atom stereocenters. The summed E-state index contributed by atoms with van der Waals surface area (Å²) in [6, 6.07) is 50.1. The fourth-order valence-electron chi connectivity index (χ4n) is 7.59. The number of furan rings is 1. The van der Waals surface area contributed by atoms with Gasteiger partial charge in [0.15, 0.2) is 17.5 Å². The van der Waals surface area contributed by atoms with Crippen molar-refractivity contribution < 1.29 is 4.42 Å². The van der Waals surface area contributed by atoms with Gasteiger partial charge in [0.1, 0.15) is 11.2 Å². The van der Waals surface area contributed by atoms with Crippen LogP contribution < -0.4 is 0 Å². The highest BCUT2D eigenvalue weighted by Crippen LogP contribution is 2.49. The standard InChI is InChI=1S/C45H30N4O/c1-45(2)35-17-9-6-14-31(35)32-25-24-30(26-36(32)45)44-48-42(28-12-4-3-5-13-28)47-43(49-44)29-22-20-27(21-23-29)40-39-34-16-8-11-19-38(34)50-41(39)33-15-7-10-18-37(33)46-40/h3-26H,1-2H3. The van der Waals surface area contributed by atoms with Crippen LogP contribution in [0.5, 0.6) is 0 Å². The Hall–Kier alpha value is -6.46. The van der Waals surface area contributed by atoms with Crippen LogP contribution in [0.2, 0.25) is 0 Å². The largest absolute Gasteiger partial charge is 0.455 e. The Kier molecular flexibility index (Phi) is 6.15. The predicted octanol–water partition coefficient (Wildman–Crippen LogP) is 11.3.